The lowest BCUT2D eigenvalue weighted by molar-refractivity contribution is -0.385. The maximum atomic E-state index is 13.2. The number of aliphatic hydroxyl groups is 1. The Morgan fingerprint density at radius 3 is 2.71 bits per heavy atom. The van der Waals surface area contributed by atoms with E-state index in [2.05, 4.69) is 0 Å². The molecule has 1 aromatic carbocycles. The first kappa shape index (κ1) is 13.5. The summed E-state index contributed by atoms with van der Waals surface area (Å²) in [6, 6.07) is 3.52. The summed E-state index contributed by atoms with van der Waals surface area (Å²) in [6.45, 7) is 3.44. The molecular weight excluding hydrogens is 227 g/mol. The van der Waals surface area contributed by atoms with E-state index < -0.39 is 10.7 Å². The number of benzene rings is 1. The molecule has 1 rings (SSSR count). The summed E-state index contributed by atoms with van der Waals surface area (Å²) >= 11 is 0. The smallest absolute Gasteiger partial charge is 0.272 e. The van der Waals surface area contributed by atoms with Crippen LogP contribution in [0.15, 0.2) is 18.2 Å². The minimum Gasteiger partial charge on any atom is -0.395 e. The molecule has 0 spiro atoms. The van der Waals surface area contributed by atoms with E-state index in [1.165, 1.54) is 12.1 Å². The maximum absolute atomic E-state index is 13.2. The van der Waals surface area contributed by atoms with Crippen molar-refractivity contribution in [1.82, 2.24) is 4.90 Å². The third kappa shape index (κ3) is 4.08. The van der Waals surface area contributed by atoms with E-state index in [4.69, 9.17) is 5.11 Å². The molecule has 0 aliphatic heterocycles. The van der Waals surface area contributed by atoms with Crippen LogP contribution in [0.2, 0.25) is 0 Å². The molecule has 0 fully saturated rings. The number of nitrogens with zero attached hydrogens (tertiary/aromatic N) is 2. The van der Waals surface area contributed by atoms with Crippen molar-refractivity contribution in [3.8, 4) is 0 Å². The fraction of sp³-hybridized carbons (Fsp3) is 0.455. The normalized spacial score (nSPS) is 10.8. The highest BCUT2D eigenvalue weighted by atomic mass is 19.1. The van der Waals surface area contributed by atoms with Crippen molar-refractivity contribution in [3.63, 3.8) is 0 Å². The number of hydrogen-bond donors (Lipinski definition) is 1. The van der Waals surface area contributed by atoms with Gasteiger partial charge in [-0.25, -0.2) is 4.39 Å². The van der Waals surface area contributed by atoms with Gasteiger partial charge in [0, 0.05) is 19.2 Å². The molecule has 0 unspecified atom stereocenters. The van der Waals surface area contributed by atoms with Crippen molar-refractivity contribution in [1.29, 1.82) is 0 Å². The molecule has 0 aliphatic rings. The van der Waals surface area contributed by atoms with Crippen LogP contribution in [0.4, 0.5) is 10.1 Å². The predicted molar refractivity (Wildman–Crippen MR) is 61.1 cm³/mol. The first-order chi connectivity index (χ1) is 8.06. The molecule has 0 heterocycles. The lowest BCUT2D eigenvalue weighted by Gasteiger charge is -2.18. The van der Waals surface area contributed by atoms with Crippen LogP contribution < -0.4 is 0 Å². The largest absolute Gasteiger partial charge is 0.395 e. The molecule has 6 heteroatoms. The zero-order valence-corrected chi connectivity index (χ0v) is 9.60. The van der Waals surface area contributed by atoms with E-state index in [0.29, 0.717) is 25.2 Å². The summed E-state index contributed by atoms with van der Waals surface area (Å²) in [7, 11) is 0. The van der Waals surface area contributed by atoms with Crippen molar-refractivity contribution in [3.05, 3.63) is 39.7 Å². The van der Waals surface area contributed by atoms with E-state index in [1.54, 1.807) is 0 Å². The monoisotopic (exact) mass is 242 g/mol. The van der Waals surface area contributed by atoms with Crippen LogP contribution >= 0.6 is 0 Å². The summed E-state index contributed by atoms with van der Waals surface area (Å²) < 4.78 is 13.2. The van der Waals surface area contributed by atoms with Gasteiger partial charge in [0.1, 0.15) is 5.82 Å². The molecular formula is C11H15FN2O3. The predicted octanol–water partition coefficient (Wildman–Crippen LogP) is 1.55. The molecule has 0 radical (unpaired) electrons. The number of non-ortho nitro benzene ring substituents is 1. The molecule has 0 saturated carbocycles. The third-order valence-corrected chi connectivity index (χ3v) is 2.42. The van der Waals surface area contributed by atoms with Crippen molar-refractivity contribution in [2.45, 2.75) is 13.5 Å². The van der Waals surface area contributed by atoms with Crippen LogP contribution in [0.3, 0.4) is 0 Å². The van der Waals surface area contributed by atoms with E-state index in [1.807, 2.05) is 11.8 Å². The second kappa shape index (κ2) is 6.27. The number of nitro benzene ring substituents is 1. The fourth-order valence-corrected chi connectivity index (χ4v) is 1.58. The molecule has 5 nitrogen and oxygen atoms in total. The standard InChI is InChI=1S/C11H15FN2O3/c1-2-13(3-4-15)8-9-5-10(12)7-11(6-9)14(16)17/h5-7,15H,2-4,8H2,1H3. The summed E-state index contributed by atoms with van der Waals surface area (Å²) in [5.74, 6) is -0.616. The lowest BCUT2D eigenvalue weighted by atomic mass is 10.2. The Hall–Kier alpha value is -1.53. The van der Waals surface area contributed by atoms with Gasteiger partial charge in [-0.2, -0.15) is 0 Å². The molecule has 1 N–H and O–H groups in total. The highest BCUT2D eigenvalue weighted by molar-refractivity contribution is 5.35. The Bertz CT molecular complexity index is 398. The van der Waals surface area contributed by atoms with Crippen molar-refractivity contribution < 1.29 is 14.4 Å². The van der Waals surface area contributed by atoms with Gasteiger partial charge >= 0.3 is 0 Å². The van der Waals surface area contributed by atoms with Crippen LogP contribution in [0.25, 0.3) is 0 Å². The van der Waals surface area contributed by atoms with Gasteiger partial charge < -0.3 is 5.11 Å². The summed E-state index contributed by atoms with van der Waals surface area (Å²) in [6.07, 6.45) is 0. The van der Waals surface area contributed by atoms with E-state index in [0.717, 1.165) is 6.07 Å². The second-order valence-electron chi connectivity index (χ2n) is 3.67. The Balaban J connectivity index is 2.86. The highest BCUT2D eigenvalue weighted by Crippen LogP contribution is 2.17. The first-order valence-corrected chi connectivity index (χ1v) is 5.34. The molecule has 17 heavy (non-hydrogen) atoms. The molecule has 0 amide bonds. The zero-order valence-electron chi connectivity index (χ0n) is 9.60. The SMILES string of the molecule is CCN(CCO)Cc1cc(F)cc([N+](=O)[O-])c1. The van der Waals surface area contributed by atoms with Gasteiger partial charge in [-0.1, -0.05) is 6.92 Å². The Kier molecular flexibility index (Phi) is 4.99. The molecule has 1 aromatic rings. The minimum absolute atomic E-state index is 0.00521. The lowest BCUT2D eigenvalue weighted by Crippen LogP contribution is -2.26. The average Bonchev–Trinajstić information content (AvgIpc) is 2.27. The average molecular weight is 242 g/mol. The van der Waals surface area contributed by atoms with Gasteiger partial charge in [0.15, 0.2) is 0 Å². The number of likely N-dealkylation sites (N-methyl/N-ethyl adjacent to an activating group) is 1. The van der Waals surface area contributed by atoms with Crippen LogP contribution in [-0.2, 0) is 6.54 Å². The molecule has 0 aromatic heterocycles. The van der Waals surface area contributed by atoms with E-state index in [-0.39, 0.29) is 12.3 Å². The van der Waals surface area contributed by atoms with E-state index >= 15 is 0 Å². The Morgan fingerprint density at radius 1 is 1.47 bits per heavy atom. The van der Waals surface area contributed by atoms with Crippen molar-refractivity contribution in [2.24, 2.45) is 0 Å². The van der Waals surface area contributed by atoms with Gasteiger partial charge in [0.05, 0.1) is 17.6 Å². The van der Waals surface area contributed by atoms with Crippen LogP contribution in [-0.4, -0.2) is 34.6 Å². The van der Waals surface area contributed by atoms with Gasteiger partial charge in [-0.05, 0) is 18.2 Å². The maximum Gasteiger partial charge on any atom is 0.272 e. The highest BCUT2D eigenvalue weighted by Gasteiger charge is 2.11. The van der Waals surface area contributed by atoms with Crippen molar-refractivity contribution in [2.75, 3.05) is 19.7 Å². The van der Waals surface area contributed by atoms with Crippen LogP contribution in [0.1, 0.15) is 12.5 Å². The third-order valence-electron chi connectivity index (χ3n) is 2.42. The zero-order chi connectivity index (χ0) is 12.8. The second-order valence-corrected chi connectivity index (χ2v) is 3.67. The first-order valence-electron chi connectivity index (χ1n) is 5.34. The number of aliphatic hydroxyl groups excluding tert-OH is 1. The van der Waals surface area contributed by atoms with Gasteiger partial charge in [-0.3, -0.25) is 15.0 Å². The molecule has 0 bridgehead atoms. The number of halogens is 1. The number of hydrogen-bond acceptors (Lipinski definition) is 4. The quantitative estimate of drug-likeness (QED) is 0.607. The minimum atomic E-state index is -0.616. The van der Waals surface area contributed by atoms with Gasteiger partial charge in [0.2, 0.25) is 0 Å². The van der Waals surface area contributed by atoms with E-state index in [9.17, 15) is 14.5 Å². The molecule has 0 aliphatic carbocycles. The Morgan fingerprint density at radius 2 is 2.18 bits per heavy atom. The summed E-state index contributed by atoms with van der Waals surface area (Å²) in [5, 5.41) is 19.4. The van der Waals surface area contributed by atoms with Gasteiger partial charge in [0.25, 0.3) is 5.69 Å². The molecule has 0 atom stereocenters. The summed E-state index contributed by atoms with van der Waals surface area (Å²) in [5.41, 5.74) is 0.284. The van der Waals surface area contributed by atoms with Crippen LogP contribution in [0.5, 0.6) is 0 Å². The Labute approximate surface area is 98.6 Å². The summed E-state index contributed by atoms with van der Waals surface area (Å²) in [4.78, 5) is 11.8. The molecule has 94 valence electrons. The topological polar surface area (TPSA) is 66.6 Å². The van der Waals surface area contributed by atoms with Crippen molar-refractivity contribution >= 4 is 5.69 Å². The fourth-order valence-electron chi connectivity index (χ4n) is 1.58. The number of nitro groups is 1. The molecule has 0 saturated heterocycles. The number of rotatable bonds is 6. The van der Waals surface area contributed by atoms with Gasteiger partial charge in [-0.15, -0.1) is 0 Å². The van der Waals surface area contributed by atoms with Crippen LogP contribution in [0, 0.1) is 15.9 Å².